The van der Waals surface area contributed by atoms with Gasteiger partial charge in [0.15, 0.2) is 5.16 Å². The number of hydrogen-bond acceptors (Lipinski definition) is 9. The number of anilines is 1. The fourth-order valence-corrected chi connectivity index (χ4v) is 5.33. The number of aromatic nitrogens is 4. The second kappa shape index (κ2) is 10.6. The van der Waals surface area contributed by atoms with Gasteiger partial charge >= 0.3 is 0 Å². The number of nitrogens with zero attached hydrogens (tertiary/aromatic N) is 5. The maximum absolute atomic E-state index is 13.2. The summed E-state index contributed by atoms with van der Waals surface area (Å²) in [4.78, 5) is 33.0. The lowest BCUT2D eigenvalue weighted by atomic mass is 10.2. The van der Waals surface area contributed by atoms with E-state index in [0.29, 0.717) is 33.8 Å². The number of ether oxygens (including phenoxy) is 1. The van der Waals surface area contributed by atoms with Crippen molar-refractivity contribution in [3.05, 3.63) is 52.8 Å². The van der Waals surface area contributed by atoms with Crippen molar-refractivity contribution in [1.82, 2.24) is 23.2 Å². The zero-order valence-corrected chi connectivity index (χ0v) is 20.1. The first-order valence-corrected chi connectivity index (χ1v) is 12.8. The van der Waals surface area contributed by atoms with Gasteiger partial charge in [0.1, 0.15) is 11.0 Å². The molecule has 2 aromatic heterocycles. The van der Waals surface area contributed by atoms with E-state index in [4.69, 9.17) is 9.72 Å². The van der Waals surface area contributed by atoms with Crippen molar-refractivity contribution in [1.29, 1.82) is 0 Å². The summed E-state index contributed by atoms with van der Waals surface area (Å²) in [6.07, 6.45) is 0.818. The quantitative estimate of drug-likeness (QED) is 0.294. The molecule has 1 saturated heterocycles. The maximum Gasteiger partial charge on any atom is 0.262 e. The van der Waals surface area contributed by atoms with Crippen LogP contribution in [0.2, 0.25) is 0 Å². The highest BCUT2D eigenvalue weighted by Gasteiger charge is 2.16. The van der Waals surface area contributed by atoms with E-state index in [1.165, 1.54) is 11.8 Å². The van der Waals surface area contributed by atoms with Crippen molar-refractivity contribution in [2.75, 3.05) is 43.9 Å². The van der Waals surface area contributed by atoms with E-state index in [-0.39, 0.29) is 17.2 Å². The molecule has 0 saturated carbocycles. The number of thioether (sulfide) groups is 1. The zero-order chi connectivity index (χ0) is 23.3. The van der Waals surface area contributed by atoms with Crippen molar-refractivity contribution < 1.29 is 9.53 Å². The Morgan fingerprint density at radius 2 is 1.88 bits per heavy atom. The van der Waals surface area contributed by atoms with E-state index < -0.39 is 0 Å². The largest absolute Gasteiger partial charge is 0.379 e. The molecule has 11 heteroatoms. The molecule has 0 unspecified atom stereocenters. The van der Waals surface area contributed by atoms with Gasteiger partial charge in [0, 0.05) is 26.2 Å². The minimum Gasteiger partial charge on any atom is -0.379 e. The molecule has 1 amide bonds. The number of nitrogens with one attached hydrogen (secondary N) is 1. The number of carbonyl (C=O) groups is 1. The zero-order valence-electron chi connectivity index (χ0n) is 18.5. The molecule has 0 radical (unpaired) electrons. The van der Waals surface area contributed by atoms with Gasteiger partial charge in [-0.2, -0.15) is 8.75 Å². The fraction of sp³-hybridized carbons (Fsp3) is 0.348. The minimum absolute atomic E-state index is 0.0752. The predicted octanol–water partition coefficient (Wildman–Crippen LogP) is 2.85. The van der Waals surface area contributed by atoms with Crippen molar-refractivity contribution in [2.24, 2.45) is 0 Å². The van der Waals surface area contributed by atoms with Crippen LogP contribution in [0.3, 0.4) is 0 Å². The number of morpholine rings is 1. The predicted molar refractivity (Wildman–Crippen MR) is 135 cm³/mol. The molecule has 1 N–H and O–H groups in total. The third-order valence-corrected chi connectivity index (χ3v) is 7.20. The highest BCUT2D eigenvalue weighted by Crippen LogP contribution is 2.23. The molecule has 34 heavy (non-hydrogen) atoms. The Morgan fingerprint density at radius 1 is 1.06 bits per heavy atom. The monoisotopic (exact) mass is 496 g/mol. The molecule has 0 atom stereocenters. The number of hydrogen-bond donors (Lipinski definition) is 1. The molecule has 2 aromatic carbocycles. The van der Waals surface area contributed by atoms with Crippen LogP contribution in [0.5, 0.6) is 0 Å². The lowest BCUT2D eigenvalue weighted by Gasteiger charge is -2.26. The average Bonchev–Trinajstić information content (AvgIpc) is 3.35. The maximum atomic E-state index is 13.2. The second-order valence-electron chi connectivity index (χ2n) is 7.95. The normalized spacial score (nSPS) is 14.6. The second-order valence-corrected chi connectivity index (χ2v) is 9.42. The van der Waals surface area contributed by atoms with Crippen LogP contribution in [-0.4, -0.2) is 67.7 Å². The van der Waals surface area contributed by atoms with Crippen LogP contribution in [0, 0.1) is 0 Å². The van der Waals surface area contributed by atoms with E-state index in [1.54, 1.807) is 10.6 Å². The van der Waals surface area contributed by atoms with Crippen molar-refractivity contribution in [2.45, 2.75) is 18.1 Å². The van der Waals surface area contributed by atoms with Crippen LogP contribution < -0.4 is 10.9 Å². The number of rotatable bonds is 8. The minimum atomic E-state index is -0.187. The average molecular weight is 497 g/mol. The van der Waals surface area contributed by atoms with Crippen LogP contribution in [0.25, 0.3) is 21.9 Å². The van der Waals surface area contributed by atoms with Crippen molar-refractivity contribution in [3.63, 3.8) is 0 Å². The first-order valence-electron chi connectivity index (χ1n) is 11.1. The van der Waals surface area contributed by atoms with Crippen LogP contribution in [0.1, 0.15) is 6.42 Å². The number of fused-ring (bicyclic) bond motifs is 2. The van der Waals surface area contributed by atoms with Crippen molar-refractivity contribution in [3.8, 4) is 0 Å². The van der Waals surface area contributed by atoms with Gasteiger partial charge < -0.3 is 10.1 Å². The molecule has 1 aliphatic heterocycles. The van der Waals surface area contributed by atoms with Crippen molar-refractivity contribution >= 4 is 57.0 Å². The Balaban J connectivity index is 1.31. The summed E-state index contributed by atoms with van der Waals surface area (Å²) in [5.74, 6) is -0.0601. The molecule has 0 bridgehead atoms. The fourth-order valence-electron chi connectivity index (χ4n) is 3.96. The summed E-state index contributed by atoms with van der Waals surface area (Å²) in [6, 6.07) is 12.8. The Kier molecular flexibility index (Phi) is 7.14. The molecule has 1 fully saturated rings. The molecule has 5 rings (SSSR count). The SMILES string of the molecule is O=C(CSc1nc2ccccc2c(=O)n1CCCN1CCOCC1)Nc1cccc2nsnc12. The summed E-state index contributed by atoms with van der Waals surface area (Å²) >= 11 is 2.38. The van der Waals surface area contributed by atoms with E-state index in [9.17, 15) is 9.59 Å². The van der Waals surface area contributed by atoms with Gasteiger partial charge in [0.2, 0.25) is 5.91 Å². The van der Waals surface area contributed by atoms with Crippen LogP contribution >= 0.6 is 23.5 Å². The third kappa shape index (κ3) is 5.12. The molecular weight excluding hydrogens is 472 g/mol. The van der Waals surface area contributed by atoms with Crippen LogP contribution in [-0.2, 0) is 16.1 Å². The highest BCUT2D eigenvalue weighted by atomic mass is 32.2. The van der Waals surface area contributed by atoms with Gasteiger partial charge in [-0.3, -0.25) is 19.1 Å². The smallest absolute Gasteiger partial charge is 0.262 e. The summed E-state index contributed by atoms with van der Waals surface area (Å²) in [5.41, 5.74) is 2.62. The van der Waals surface area contributed by atoms with Crippen LogP contribution in [0.15, 0.2) is 52.4 Å². The van der Waals surface area contributed by atoms with E-state index in [2.05, 4.69) is 19.0 Å². The summed E-state index contributed by atoms with van der Waals surface area (Å²) in [5, 5.41) is 4.05. The topological polar surface area (TPSA) is 102 Å². The number of carbonyl (C=O) groups excluding carboxylic acids is 1. The summed E-state index contributed by atoms with van der Waals surface area (Å²) < 4.78 is 15.6. The Hall–Kier alpha value is -2.86. The van der Waals surface area contributed by atoms with Gasteiger partial charge in [-0.15, -0.1) is 0 Å². The molecular formula is C23H24N6O3S2. The van der Waals surface area contributed by atoms with Gasteiger partial charge in [-0.05, 0) is 30.7 Å². The Morgan fingerprint density at radius 3 is 2.76 bits per heavy atom. The molecule has 0 spiro atoms. The highest BCUT2D eigenvalue weighted by molar-refractivity contribution is 7.99. The van der Waals surface area contributed by atoms with Gasteiger partial charge in [-0.1, -0.05) is 30.0 Å². The standard InChI is InChI=1S/C23H24N6O3S2/c30-20(24-18-7-3-8-19-21(18)27-34-26-19)15-33-23-25-17-6-2-1-5-16(17)22(31)29(23)10-4-9-28-11-13-32-14-12-28/h1-3,5-8H,4,9-15H2,(H,24,30). The van der Waals surface area contributed by atoms with Crippen LogP contribution in [0.4, 0.5) is 5.69 Å². The molecule has 176 valence electrons. The molecule has 0 aliphatic carbocycles. The number of benzene rings is 2. The number of para-hydroxylation sites is 1. The molecule has 1 aliphatic rings. The van der Waals surface area contributed by atoms with Gasteiger partial charge in [-0.25, -0.2) is 4.98 Å². The van der Waals surface area contributed by atoms with E-state index in [1.807, 2.05) is 36.4 Å². The lowest BCUT2D eigenvalue weighted by molar-refractivity contribution is -0.113. The first-order chi connectivity index (χ1) is 16.7. The van der Waals surface area contributed by atoms with E-state index in [0.717, 1.165) is 56.5 Å². The number of amides is 1. The molecule has 3 heterocycles. The Labute approximate surface area is 204 Å². The molecule has 4 aromatic rings. The first kappa shape index (κ1) is 22.9. The van der Waals surface area contributed by atoms with E-state index >= 15 is 0 Å². The third-order valence-electron chi connectivity index (χ3n) is 5.68. The lowest BCUT2D eigenvalue weighted by Crippen LogP contribution is -2.37. The molecule has 9 nitrogen and oxygen atoms in total. The summed E-state index contributed by atoms with van der Waals surface area (Å²) in [6.45, 7) is 4.75. The summed E-state index contributed by atoms with van der Waals surface area (Å²) in [7, 11) is 0. The van der Waals surface area contributed by atoms with Gasteiger partial charge in [0.05, 0.1) is 47.3 Å². The van der Waals surface area contributed by atoms with Gasteiger partial charge in [0.25, 0.3) is 5.56 Å². The Bertz CT molecular complexity index is 1370.